The van der Waals surface area contributed by atoms with Crippen LogP contribution in [0, 0.1) is 5.92 Å². The van der Waals surface area contributed by atoms with Gasteiger partial charge >= 0.3 is 0 Å². The summed E-state index contributed by atoms with van der Waals surface area (Å²) in [6, 6.07) is 0. The van der Waals surface area contributed by atoms with Gasteiger partial charge in [-0.1, -0.05) is 13.0 Å². The Balaban J connectivity index is 2.65. The molecule has 1 aliphatic rings. The van der Waals surface area contributed by atoms with Crippen molar-refractivity contribution in [1.29, 1.82) is 0 Å². The minimum atomic E-state index is -0.745. The molecule has 0 saturated carbocycles. The second kappa shape index (κ2) is 2.31. The Morgan fingerprint density at radius 2 is 2.44 bits per heavy atom. The minimum Gasteiger partial charge on any atom is -0.385 e. The summed E-state index contributed by atoms with van der Waals surface area (Å²) in [6.45, 7) is 1.98. The topological polar surface area (TPSA) is 37.3 Å². The molecular formula is C7H10O2. The Hall–Kier alpha value is -0.630. The van der Waals surface area contributed by atoms with Crippen molar-refractivity contribution in [2.24, 2.45) is 5.92 Å². The average molecular weight is 126 g/mol. The third kappa shape index (κ3) is 1.39. The Kier molecular flexibility index (Phi) is 1.67. The highest BCUT2D eigenvalue weighted by molar-refractivity contribution is 5.94. The first kappa shape index (κ1) is 6.49. The van der Waals surface area contributed by atoms with Gasteiger partial charge in [0.25, 0.3) is 0 Å². The Morgan fingerprint density at radius 1 is 1.78 bits per heavy atom. The quantitative estimate of drug-likeness (QED) is 0.513. The fourth-order valence-electron chi connectivity index (χ4n) is 0.917. The van der Waals surface area contributed by atoms with Crippen LogP contribution in [0.5, 0.6) is 0 Å². The Morgan fingerprint density at radius 3 is 2.89 bits per heavy atom. The van der Waals surface area contributed by atoms with Crippen LogP contribution in [0.3, 0.4) is 0 Å². The van der Waals surface area contributed by atoms with E-state index >= 15 is 0 Å². The van der Waals surface area contributed by atoms with Gasteiger partial charge in [-0.15, -0.1) is 0 Å². The third-order valence-electron chi connectivity index (χ3n) is 1.51. The monoisotopic (exact) mass is 126 g/mol. The zero-order chi connectivity index (χ0) is 6.85. The molecule has 2 atom stereocenters. The van der Waals surface area contributed by atoms with Crippen molar-refractivity contribution in [3.8, 4) is 0 Å². The molecule has 0 aliphatic heterocycles. The van der Waals surface area contributed by atoms with E-state index in [0.29, 0.717) is 12.3 Å². The smallest absolute Gasteiger partial charge is 0.183 e. The SMILES string of the molecule is CC1C=CC(=O)C(O)C1. The average Bonchev–Trinajstić information content (AvgIpc) is 1.80. The summed E-state index contributed by atoms with van der Waals surface area (Å²) in [5.41, 5.74) is 0. The summed E-state index contributed by atoms with van der Waals surface area (Å²) >= 11 is 0. The van der Waals surface area contributed by atoms with Crippen molar-refractivity contribution in [2.75, 3.05) is 0 Å². The number of carbonyl (C=O) groups is 1. The molecular weight excluding hydrogens is 116 g/mol. The molecule has 0 spiro atoms. The molecule has 9 heavy (non-hydrogen) atoms. The van der Waals surface area contributed by atoms with Crippen LogP contribution in [0.15, 0.2) is 12.2 Å². The molecule has 0 aromatic heterocycles. The van der Waals surface area contributed by atoms with Crippen LogP contribution >= 0.6 is 0 Å². The minimum absolute atomic E-state index is 0.159. The number of aliphatic hydroxyl groups excluding tert-OH is 1. The van der Waals surface area contributed by atoms with E-state index in [-0.39, 0.29) is 5.78 Å². The fourth-order valence-corrected chi connectivity index (χ4v) is 0.917. The first-order chi connectivity index (χ1) is 4.20. The number of rotatable bonds is 0. The molecule has 0 amide bonds. The first-order valence-corrected chi connectivity index (χ1v) is 3.10. The molecule has 0 aromatic rings. The molecule has 0 bridgehead atoms. The van der Waals surface area contributed by atoms with Crippen LogP contribution in [0.2, 0.25) is 0 Å². The van der Waals surface area contributed by atoms with Gasteiger partial charge in [0.1, 0.15) is 6.10 Å². The van der Waals surface area contributed by atoms with E-state index in [2.05, 4.69) is 0 Å². The lowest BCUT2D eigenvalue weighted by Crippen LogP contribution is -2.23. The number of ketones is 1. The lowest BCUT2D eigenvalue weighted by atomic mass is 9.95. The van der Waals surface area contributed by atoms with Crippen molar-refractivity contribution in [1.82, 2.24) is 0 Å². The predicted molar refractivity (Wildman–Crippen MR) is 33.9 cm³/mol. The van der Waals surface area contributed by atoms with Gasteiger partial charge in [0, 0.05) is 0 Å². The van der Waals surface area contributed by atoms with E-state index in [1.807, 2.05) is 13.0 Å². The summed E-state index contributed by atoms with van der Waals surface area (Å²) in [4.78, 5) is 10.6. The first-order valence-electron chi connectivity index (χ1n) is 3.10. The maximum absolute atomic E-state index is 10.6. The summed E-state index contributed by atoms with van der Waals surface area (Å²) < 4.78 is 0. The lowest BCUT2D eigenvalue weighted by molar-refractivity contribution is -0.123. The molecule has 2 heteroatoms. The van der Waals surface area contributed by atoms with Crippen molar-refractivity contribution in [3.63, 3.8) is 0 Å². The summed E-state index contributed by atoms with van der Waals surface area (Å²) in [5.74, 6) is 0.186. The van der Waals surface area contributed by atoms with Crippen molar-refractivity contribution < 1.29 is 9.90 Å². The zero-order valence-corrected chi connectivity index (χ0v) is 5.37. The number of allylic oxidation sites excluding steroid dienone is 1. The molecule has 1 N–H and O–H groups in total. The fraction of sp³-hybridized carbons (Fsp3) is 0.571. The van der Waals surface area contributed by atoms with Gasteiger partial charge in [-0.3, -0.25) is 4.79 Å². The molecule has 0 fully saturated rings. The van der Waals surface area contributed by atoms with Gasteiger partial charge in [-0.05, 0) is 18.4 Å². The normalized spacial score (nSPS) is 35.1. The van der Waals surface area contributed by atoms with E-state index in [1.165, 1.54) is 6.08 Å². The van der Waals surface area contributed by atoms with Gasteiger partial charge in [-0.2, -0.15) is 0 Å². The molecule has 1 rings (SSSR count). The maximum atomic E-state index is 10.6. The predicted octanol–water partition coefficient (Wildman–Crippen LogP) is 0.512. The summed E-state index contributed by atoms with van der Waals surface area (Å²) in [6.07, 6.45) is 3.12. The molecule has 2 unspecified atom stereocenters. The van der Waals surface area contributed by atoms with Gasteiger partial charge in [0.15, 0.2) is 5.78 Å². The molecule has 0 heterocycles. The standard InChI is InChI=1S/C7H10O2/c1-5-2-3-6(8)7(9)4-5/h2-3,5,7,9H,4H2,1H3. The van der Waals surface area contributed by atoms with Crippen LogP contribution in [-0.2, 0) is 4.79 Å². The zero-order valence-electron chi connectivity index (χ0n) is 5.37. The molecule has 0 aromatic carbocycles. The highest BCUT2D eigenvalue weighted by Gasteiger charge is 2.18. The highest BCUT2D eigenvalue weighted by Crippen LogP contribution is 2.13. The van der Waals surface area contributed by atoms with Crippen LogP contribution in [0.4, 0.5) is 0 Å². The van der Waals surface area contributed by atoms with Gasteiger partial charge in [0.2, 0.25) is 0 Å². The number of carbonyl (C=O) groups excluding carboxylic acids is 1. The van der Waals surface area contributed by atoms with Crippen LogP contribution in [-0.4, -0.2) is 17.0 Å². The van der Waals surface area contributed by atoms with E-state index < -0.39 is 6.10 Å². The highest BCUT2D eigenvalue weighted by atomic mass is 16.3. The third-order valence-corrected chi connectivity index (χ3v) is 1.51. The Labute approximate surface area is 54.2 Å². The van der Waals surface area contributed by atoms with Gasteiger partial charge in [0.05, 0.1) is 0 Å². The van der Waals surface area contributed by atoms with Crippen LogP contribution < -0.4 is 0 Å². The number of hydrogen-bond donors (Lipinski definition) is 1. The van der Waals surface area contributed by atoms with E-state index in [0.717, 1.165) is 0 Å². The lowest BCUT2D eigenvalue weighted by Gasteiger charge is -2.14. The number of hydrogen-bond acceptors (Lipinski definition) is 2. The van der Waals surface area contributed by atoms with Crippen molar-refractivity contribution in [2.45, 2.75) is 19.4 Å². The summed E-state index contributed by atoms with van der Waals surface area (Å²) in [7, 11) is 0. The molecule has 50 valence electrons. The Bertz CT molecular complexity index is 149. The second-order valence-corrected chi connectivity index (χ2v) is 2.49. The second-order valence-electron chi connectivity index (χ2n) is 2.49. The van der Waals surface area contributed by atoms with Crippen LogP contribution in [0.1, 0.15) is 13.3 Å². The molecule has 0 radical (unpaired) electrons. The van der Waals surface area contributed by atoms with E-state index in [9.17, 15) is 4.79 Å². The van der Waals surface area contributed by atoms with Crippen LogP contribution in [0.25, 0.3) is 0 Å². The van der Waals surface area contributed by atoms with Gasteiger partial charge in [-0.25, -0.2) is 0 Å². The van der Waals surface area contributed by atoms with Gasteiger partial charge < -0.3 is 5.11 Å². The van der Waals surface area contributed by atoms with Crippen molar-refractivity contribution >= 4 is 5.78 Å². The molecule has 0 saturated heterocycles. The maximum Gasteiger partial charge on any atom is 0.183 e. The van der Waals surface area contributed by atoms with E-state index in [4.69, 9.17) is 5.11 Å². The van der Waals surface area contributed by atoms with Crippen molar-refractivity contribution in [3.05, 3.63) is 12.2 Å². The largest absolute Gasteiger partial charge is 0.385 e. The molecule has 1 aliphatic carbocycles. The van der Waals surface area contributed by atoms with E-state index in [1.54, 1.807) is 0 Å². The summed E-state index contributed by atoms with van der Waals surface area (Å²) in [5, 5.41) is 8.95. The number of aliphatic hydroxyl groups is 1. The molecule has 2 nitrogen and oxygen atoms in total.